The molecule has 0 atom stereocenters. The van der Waals surface area contributed by atoms with E-state index < -0.39 is 0 Å². The van der Waals surface area contributed by atoms with E-state index >= 15 is 0 Å². The molecule has 2 saturated heterocycles. The Hall–Kier alpha value is -1.52. The maximum Gasteiger partial charge on any atom is 0.271 e. The molecule has 0 bridgehead atoms. The van der Waals surface area contributed by atoms with Crippen LogP contribution in [0, 0.1) is 6.92 Å². The summed E-state index contributed by atoms with van der Waals surface area (Å²) in [7, 11) is 0. The number of aryl methyl sites for hydroxylation is 1. The molecule has 5 heteroatoms. The third kappa shape index (κ3) is 3.70. The topological polar surface area (TPSA) is 39.3 Å². The normalized spacial score (nSPS) is 19.8. The van der Waals surface area contributed by atoms with Crippen molar-refractivity contribution in [3.8, 4) is 0 Å². The van der Waals surface area contributed by atoms with Gasteiger partial charge in [-0.25, -0.2) is 0 Å². The quantitative estimate of drug-likeness (QED) is 0.886. The number of H-pyrrole nitrogens is 1. The Morgan fingerprint density at radius 3 is 2.48 bits per heavy atom. The number of piperidine rings is 2. The van der Waals surface area contributed by atoms with Gasteiger partial charge in [0.1, 0.15) is 5.69 Å². The zero-order chi connectivity index (χ0) is 16.5. The van der Waals surface area contributed by atoms with Gasteiger partial charge in [0, 0.05) is 24.5 Å². The first-order valence-electron chi connectivity index (χ1n) is 9.34. The fourth-order valence-corrected chi connectivity index (χ4v) is 4.36. The number of rotatable bonds is 2. The number of likely N-dealkylation sites (tertiary alicyclic amines) is 1. The van der Waals surface area contributed by atoms with Crippen LogP contribution in [0.25, 0.3) is 10.9 Å². The number of pyridine rings is 1. The number of anilines is 1. The lowest BCUT2D eigenvalue weighted by Gasteiger charge is -2.40. The standard InChI is InChI=1S/C20H27N3O.ClH/c1-15-6-5-7-16-14-18(20(24)21-19(15)16)23-12-8-17(9-13-23)22-10-3-2-4-11-22;/h5-7,14,17H,2-4,8-13H2,1H3,(H,21,24);1H. The van der Waals surface area contributed by atoms with Crippen LogP contribution >= 0.6 is 12.4 Å². The van der Waals surface area contributed by atoms with Crippen LogP contribution in [0.1, 0.15) is 37.7 Å². The van der Waals surface area contributed by atoms with Crippen molar-refractivity contribution in [3.05, 3.63) is 40.2 Å². The van der Waals surface area contributed by atoms with Gasteiger partial charge in [-0.2, -0.15) is 0 Å². The molecule has 2 aromatic rings. The molecule has 136 valence electrons. The molecule has 0 unspecified atom stereocenters. The van der Waals surface area contributed by atoms with Crippen LogP contribution in [-0.2, 0) is 0 Å². The van der Waals surface area contributed by atoms with E-state index in [4.69, 9.17) is 0 Å². The Morgan fingerprint density at radius 1 is 1.04 bits per heavy atom. The molecule has 2 fully saturated rings. The van der Waals surface area contributed by atoms with Gasteiger partial charge in [0.05, 0.1) is 5.52 Å². The van der Waals surface area contributed by atoms with E-state index in [1.54, 1.807) is 0 Å². The summed E-state index contributed by atoms with van der Waals surface area (Å²) in [5.41, 5.74) is 2.98. The van der Waals surface area contributed by atoms with Gasteiger partial charge >= 0.3 is 0 Å². The smallest absolute Gasteiger partial charge is 0.271 e. The summed E-state index contributed by atoms with van der Waals surface area (Å²) in [6.45, 7) is 6.55. The molecular formula is C20H28ClN3O. The Bertz CT molecular complexity index is 774. The Morgan fingerprint density at radius 2 is 1.76 bits per heavy atom. The molecule has 0 aliphatic carbocycles. The largest absolute Gasteiger partial charge is 0.367 e. The second-order valence-corrected chi connectivity index (χ2v) is 7.34. The van der Waals surface area contributed by atoms with Gasteiger partial charge in [-0.05, 0) is 57.3 Å². The third-order valence-corrected chi connectivity index (χ3v) is 5.78. The molecule has 4 nitrogen and oxygen atoms in total. The lowest BCUT2D eigenvalue weighted by atomic mass is 9.99. The number of aromatic nitrogens is 1. The van der Waals surface area contributed by atoms with Crippen molar-refractivity contribution in [1.82, 2.24) is 9.88 Å². The number of nitrogens with zero attached hydrogens (tertiary/aromatic N) is 2. The molecule has 0 radical (unpaired) electrons. The van der Waals surface area contributed by atoms with E-state index in [0.29, 0.717) is 6.04 Å². The second-order valence-electron chi connectivity index (χ2n) is 7.34. The average molecular weight is 362 g/mol. The fourth-order valence-electron chi connectivity index (χ4n) is 4.36. The summed E-state index contributed by atoms with van der Waals surface area (Å²) < 4.78 is 0. The minimum atomic E-state index is 0. The van der Waals surface area contributed by atoms with Crippen molar-refractivity contribution in [2.45, 2.75) is 45.1 Å². The van der Waals surface area contributed by atoms with Gasteiger partial charge in [-0.3, -0.25) is 4.79 Å². The van der Waals surface area contributed by atoms with Crippen molar-refractivity contribution in [2.24, 2.45) is 0 Å². The molecule has 3 heterocycles. The van der Waals surface area contributed by atoms with Crippen LogP contribution in [-0.4, -0.2) is 42.1 Å². The van der Waals surface area contributed by atoms with Crippen molar-refractivity contribution in [2.75, 3.05) is 31.1 Å². The molecule has 0 spiro atoms. The van der Waals surface area contributed by atoms with E-state index in [-0.39, 0.29) is 18.0 Å². The van der Waals surface area contributed by atoms with Crippen molar-refractivity contribution < 1.29 is 0 Å². The first-order chi connectivity index (χ1) is 11.7. The highest BCUT2D eigenvalue weighted by molar-refractivity contribution is 5.85. The van der Waals surface area contributed by atoms with Gasteiger partial charge in [-0.15, -0.1) is 12.4 Å². The number of aromatic amines is 1. The third-order valence-electron chi connectivity index (χ3n) is 5.78. The first kappa shape index (κ1) is 18.3. The zero-order valence-electron chi connectivity index (χ0n) is 15.0. The predicted octanol–water partition coefficient (Wildman–Crippen LogP) is 3.71. The summed E-state index contributed by atoms with van der Waals surface area (Å²) in [4.78, 5) is 20.6. The molecule has 4 rings (SSSR count). The zero-order valence-corrected chi connectivity index (χ0v) is 15.8. The lowest BCUT2D eigenvalue weighted by Crippen LogP contribution is -2.47. The number of para-hydroxylation sites is 1. The Kier molecular flexibility index (Phi) is 5.70. The van der Waals surface area contributed by atoms with Crippen LogP contribution in [0.4, 0.5) is 5.69 Å². The average Bonchev–Trinajstić information content (AvgIpc) is 2.63. The van der Waals surface area contributed by atoms with Crippen molar-refractivity contribution in [3.63, 3.8) is 0 Å². The number of hydrogen-bond acceptors (Lipinski definition) is 3. The molecule has 1 aromatic heterocycles. The monoisotopic (exact) mass is 361 g/mol. The summed E-state index contributed by atoms with van der Waals surface area (Å²) in [5.74, 6) is 0. The van der Waals surface area contributed by atoms with Crippen LogP contribution < -0.4 is 10.5 Å². The minimum absolute atomic E-state index is 0. The maximum absolute atomic E-state index is 12.6. The Labute approximate surface area is 155 Å². The van der Waals surface area contributed by atoms with Gasteiger partial charge in [0.2, 0.25) is 0 Å². The van der Waals surface area contributed by atoms with E-state index in [9.17, 15) is 4.79 Å². The molecule has 2 aliphatic heterocycles. The number of benzene rings is 1. The van der Waals surface area contributed by atoms with Gasteiger partial charge in [0.25, 0.3) is 5.56 Å². The predicted molar refractivity (Wildman–Crippen MR) is 107 cm³/mol. The van der Waals surface area contributed by atoms with E-state index in [0.717, 1.165) is 35.2 Å². The number of fused-ring (bicyclic) bond motifs is 1. The minimum Gasteiger partial charge on any atom is -0.367 e. The number of halogens is 1. The summed E-state index contributed by atoms with van der Waals surface area (Å²) in [5, 5.41) is 1.13. The first-order valence-corrected chi connectivity index (χ1v) is 9.34. The molecule has 25 heavy (non-hydrogen) atoms. The highest BCUT2D eigenvalue weighted by Crippen LogP contribution is 2.25. The summed E-state index contributed by atoms with van der Waals surface area (Å²) in [6.07, 6.45) is 6.44. The molecule has 1 N–H and O–H groups in total. The fraction of sp³-hybridized carbons (Fsp3) is 0.550. The van der Waals surface area contributed by atoms with Crippen molar-refractivity contribution in [1.29, 1.82) is 0 Å². The van der Waals surface area contributed by atoms with Crippen LogP contribution in [0.5, 0.6) is 0 Å². The maximum atomic E-state index is 12.6. The molecular weight excluding hydrogens is 334 g/mol. The van der Waals surface area contributed by atoms with Gasteiger partial charge in [-0.1, -0.05) is 24.6 Å². The molecule has 2 aliphatic rings. The lowest BCUT2D eigenvalue weighted by molar-refractivity contribution is 0.141. The van der Waals surface area contributed by atoms with E-state index in [2.05, 4.69) is 33.0 Å². The van der Waals surface area contributed by atoms with E-state index in [1.165, 1.54) is 45.2 Å². The number of nitrogens with one attached hydrogen (secondary N) is 1. The number of hydrogen-bond donors (Lipinski definition) is 1. The van der Waals surface area contributed by atoms with Crippen LogP contribution in [0.3, 0.4) is 0 Å². The molecule has 0 amide bonds. The Balaban J connectivity index is 0.00000182. The molecule has 1 aromatic carbocycles. The van der Waals surface area contributed by atoms with Crippen molar-refractivity contribution >= 4 is 29.0 Å². The highest BCUT2D eigenvalue weighted by Gasteiger charge is 2.26. The van der Waals surface area contributed by atoms with Gasteiger partial charge < -0.3 is 14.8 Å². The second kappa shape index (κ2) is 7.79. The highest BCUT2D eigenvalue weighted by atomic mass is 35.5. The van der Waals surface area contributed by atoms with Gasteiger partial charge in [0.15, 0.2) is 0 Å². The van der Waals surface area contributed by atoms with Crippen LogP contribution in [0.2, 0.25) is 0 Å². The van der Waals surface area contributed by atoms with E-state index in [1.807, 2.05) is 13.0 Å². The SMILES string of the molecule is Cc1cccc2cc(N3CCC(N4CCCCC4)CC3)c(=O)[nH]c12.Cl. The summed E-state index contributed by atoms with van der Waals surface area (Å²) in [6, 6.07) is 8.97. The summed E-state index contributed by atoms with van der Waals surface area (Å²) >= 11 is 0. The van der Waals surface area contributed by atoms with Crippen LogP contribution in [0.15, 0.2) is 29.1 Å². The molecule has 0 saturated carbocycles.